The lowest BCUT2D eigenvalue weighted by Gasteiger charge is -2.34. The second kappa shape index (κ2) is 13.6. The predicted molar refractivity (Wildman–Crippen MR) is 143 cm³/mol. The molecule has 1 aromatic rings. The van der Waals surface area contributed by atoms with Gasteiger partial charge in [0.2, 0.25) is 0 Å². The first-order chi connectivity index (χ1) is 17.8. The molecule has 0 aliphatic heterocycles. The van der Waals surface area contributed by atoms with Crippen LogP contribution in [0.15, 0.2) is 18.2 Å². The van der Waals surface area contributed by atoms with Crippen molar-refractivity contribution in [3.05, 3.63) is 23.8 Å². The van der Waals surface area contributed by atoms with Crippen molar-refractivity contribution < 1.29 is 48.0 Å². The molecule has 2 unspecified atom stereocenters. The van der Waals surface area contributed by atoms with Crippen LogP contribution in [0.5, 0.6) is 11.5 Å². The van der Waals surface area contributed by atoms with E-state index in [2.05, 4.69) is 5.32 Å². The molecule has 2 N–H and O–H groups in total. The summed E-state index contributed by atoms with van der Waals surface area (Å²) in [6, 6.07) is 3.79. The van der Waals surface area contributed by atoms with Crippen molar-refractivity contribution in [2.45, 2.75) is 111 Å². The van der Waals surface area contributed by atoms with Gasteiger partial charge in [0.25, 0.3) is 5.72 Å². The lowest BCUT2D eigenvalue weighted by atomic mass is 9.99. The number of carbonyl (C=O) groups excluding carboxylic acids is 3. The van der Waals surface area contributed by atoms with Gasteiger partial charge in [-0.3, -0.25) is 10.1 Å². The summed E-state index contributed by atoms with van der Waals surface area (Å²) in [6.07, 6.45) is -1.41. The summed E-state index contributed by atoms with van der Waals surface area (Å²) in [5.41, 5.74) is -3.53. The topological polar surface area (TPSA) is 147 Å². The molecule has 39 heavy (non-hydrogen) atoms. The van der Waals surface area contributed by atoms with E-state index in [1.54, 1.807) is 62.3 Å². The molecule has 0 bridgehead atoms. The molecule has 3 atom stereocenters. The maximum Gasteiger partial charge on any atom is 0.514 e. The Bertz CT molecular complexity index is 1020. The molecule has 0 saturated heterocycles. The van der Waals surface area contributed by atoms with E-state index in [-0.39, 0.29) is 24.0 Å². The summed E-state index contributed by atoms with van der Waals surface area (Å²) in [5, 5.41) is 13.1. The Morgan fingerprint density at radius 3 is 1.77 bits per heavy atom. The SMILES string of the molecule is CCC(C)N[C@@](Cc1ccc(OC(=O)OC(C)(C)C)c(OC(=O)OC(C)(C)C)c1)(OC(=O)C(C)CC)C(=O)O. The van der Waals surface area contributed by atoms with Crippen molar-refractivity contribution in [3.63, 3.8) is 0 Å². The Morgan fingerprint density at radius 2 is 1.33 bits per heavy atom. The first-order valence-electron chi connectivity index (χ1n) is 13.0. The highest BCUT2D eigenvalue weighted by molar-refractivity contribution is 5.83. The van der Waals surface area contributed by atoms with Gasteiger partial charge in [0.15, 0.2) is 11.5 Å². The van der Waals surface area contributed by atoms with E-state index in [1.165, 1.54) is 18.2 Å². The minimum atomic E-state index is -2.12. The third kappa shape index (κ3) is 11.5. The van der Waals surface area contributed by atoms with Crippen LogP contribution in [-0.2, 0) is 30.2 Å². The van der Waals surface area contributed by atoms with E-state index in [0.717, 1.165) is 0 Å². The molecule has 0 aromatic heterocycles. The molecule has 0 spiro atoms. The van der Waals surface area contributed by atoms with E-state index in [0.29, 0.717) is 18.4 Å². The molecule has 0 heterocycles. The zero-order valence-electron chi connectivity index (χ0n) is 24.6. The zero-order valence-corrected chi connectivity index (χ0v) is 24.6. The Balaban J connectivity index is 3.53. The van der Waals surface area contributed by atoms with Crippen LogP contribution in [-0.4, -0.2) is 52.3 Å². The molecule has 0 fully saturated rings. The van der Waals surface area contributed by atoms with Crippen molar-refractivity contribution in [3.8, 4) is 11.5 Å². The van der Waals surface area contributed by atoms with Crippen LogP contribution in [0.25, 0.3) is 0 Å². The maximum absolute atomic E-state index is 12.7. The quantitative estimate of drug-likeness (QED) is 0.152. The van der Waals surface area contributed by atoms with Gasteiger partial charge < -0.3 is 28.8 Å². The molecule has 0 amide bonds. The average molecular weight is 554 g/mol. The molecule has 0 saturated carbocycles. The fraction of sp³-hybridized carbons (Fsp3) is 0.643. The minimum Gasteiger partial charge on any atom is -0.477 e. The first kappa shape index (κ1) is 33.7. The van der Waals surface area contributed by atoms with E-state index >= 15 is 0 Å². The van der Waals surface area contributed by atoms with Gasteiger partial charge in [0.05, 0.1) is 5.92 Å². The number of hydrogen-bond acceptors (Lipinski definition) is 10. The Morgan fingerprint density at radius 1 is 0.821 bits per heavy atom. The van der Waals surface area contributed by atoms with Gasteiger partial charge in [0.1, 0.15) is 11.2 Å². The number of hydrogen-bond donors (Lipinski definition) is 2. The van der Waals surface area contributed by atoms with Gasteiger partial charge in [-0.25, -0.2) is 14.4 Å². The third-order valence-electron chi connectivity index (χ3n) is 5.35. The number of carboxylic acids is 1. The standard InChI is InChI=1S/C28H43NO10/c1-11-17(3)22(30)37-28(23(31)32,29-18(4)12-2)16-19-13-14-20(35-24(33)38-26(5,6)7)21(15-19)36-25(34)39-27(8,9)10/h13-15,17-18,29H,11-12,16H2,1-10H3,(H,31,32)/t17?,18?,28-/m0/s1. The fourth-order valence-electron chi connectivity index (χ4n) is 3.07. The van der Waals surface area contributed by atoms with Gasteiger partial charge >= 0.3 is 24.2 Å². The molecule has 220 valence electrons. The van der Waals surface area contributed by atoms with Gasteiger partial charge in [-0.05, 0) is 79.0 Å². The summed E-state index contributed by atoms with van der Waals surface area (Å²) >= 11 is 0. The number of nitrogens with one attached hydrogen (secondary N) is 1. The van der Waals surface area contributed by atoms with E-state index in [4.69, 9.17) is 23.7 Å². The monoisotopic (exact) mass is 553 g/mol. The molecule has 0 radical (unpaired) electrons. The van der Waals surface area contributed by atoms with E-state index < -0.39 is 47.1 Å². The van der Waals surface area contributed by atoms with Crippen molar-refractivity contribution in [2.75, 3.05) is 0 Å². The van der Waals surface area contributed by atoms with Crippen LogP contribution in [0.1, 0.15) is 87.6 Å². The van der Waals surface area contributed by atoms with Crippen LogP contribution in [0.3, 0.4) is 0 Å². The highest BCUT2D eigenvalue weighted by Gasteiger charge is 2.44. The summed E-state index contributed by atoms with van der Waals surface area (Å²) < 4.78 is 26.6. The Kier molecular flexibility index (Phi) is 11.8. The highest BCUT2D eigenvalue weighted by atomic mass is 16.8. The summed E-state index contributed by atoms with van der Waals surface area (Å²) in [5.74, 6) is -2.98. The summed E-state index contributed by atoms with van der Waals surface area (Å²) in [6.45, 7) is 17.0. The van der Waals surface area contributed by atoms with Crippen LogP contribution in [0.4, 0.5) is 9.59 Å². The predicted octanol–water partition coefficient (Wildman–Crippen LogP) is 5.62. The number of ether oxygens (including phenoxy) is 5. The van der Waals surface area contributed by atoms with Crippen LogP contribution >= 0.6 is 0 Å². The Hall–Kier alpha value is -3.34. The highest BCUT2D eigenvalue weighted by Crippen LogP contribution is 2.32. The Labute approximate surface area is 230 Å². The van der Waals surface area contributed by atoms with E-state index in [1.807, 2.05) is 6.92 Å². The number of carbonyl (C=O) groups is 4. The number of aliphatic carboxylic acids is 1. The molecule has 1 rings (SSSR count). The van der Waals surface area contributed by atoms with E-state index in [9.17, 15) is 24.3 Å². The second-order valence-electron chi connectivity index (χ2n) is 11.4. The molecule has 11 heteroatoms. The largest absolute Gasteiger partial charge is 0.514 e. The maximum atomic E-state index is 12.7. The lowest BCUT2D eigenvalue weighted by molar-refractivity contribution is -0.187. The van der Waals surface area contributed by atoms with Gasteiger partial charge in [-0.2, -0.15) is 0 Å². The zero-order chi connectivity index (χ0) is 30.2. The number of benzene rings is 1. The molecule has 11 nitrogen and oxygen atoms in total. The smallest absolute Gasteiger partial charge is 0.477 e. The molecular formula is C28H43NO10. The minimum absolute atomic E-state index is 0.161. The molecule has 1 aromatic carbocycles. The first-order valence-corrected chi connectivity index (χ1v) is 13.0. The number of rotatable bonds is 11. The summed E-state index contributed by atoms with van der Waals surface area (Å²) in [7, 11) is 0. The average Bonchev–Trinajstić information content (AvgIpc) is 2.77. The van der Waals surface area contributed by atoms with Crippen molar-refractivity contribution in [2.24, 2.45) is 5.92 Å². The number of esters is 1. The van der Waals surface area contributed by atoms with Crippen molar-refractivity contribution in [1.29, 1.82) is 0 Å². The van der Waals surface area contributed by atoms with Crippen LogP contribution in [0, 0.1) is 5.92 Å². The number of carboxylic acid groups (broad SMARTS) is 1. The summed E-state index contributed by atoms with van der Waals surface area (Å²) in [4.78, 5) is 50.0. The van der Waals surface area contributed by atoms with Crippen molar-refractivity contribution >= 4 is 24.2 Å². The fourth-order valence-corrected chi connectivity index (χ4v) is 3.07. The van der Waals surface area contributed by atoms with Gasteiger partial charge in [-0.1, -0.05) is 26.8 Å². The third-order valence-corrected chi connectivity index (χ3v) is 5.35. The van der Waals surface area contributed by atoms with Crippen LogP contribution in [0.2, 0.25) is 0 Å². The van der Waals surface area contributed by atoms with Gasteiger partial charge in [0, 0.05) is 12.5 Å². The molecular weight excluding hydrogens is 510 g/mol. The normalized spacial score (nSPS) is 14.8. The molecule has 0 aliphatic rings. The van der Waals surface area contributed by atoms with Crippen LogP contribution < -0.4 is 14.8 Å². The van der Waals surface area contributed by atoms with Gasteiger partial charge in [-0.15, -0.1) is 0 Å². The van der Waals surface area contributed by atoms with Crippen molar-refractivity contribution in [1.82, 2.24) is 5.32 Å². The molecule has 0 aliphatic carbocycles. The second-order valence-corrected chi connectivity index (χ2v) is 11.4. The lowest BCUT2D eigenvalue weighted by Crippen LogP contribution is -2.60.